The molecule has 4 rings (SSSR count). The molecule has 0 bridgehead atoms. The fraction of sp³-hybridized carbons (Fsp3) is 0.545. The number of benzene rings is 2. The summed E-state index contributed by atoms with van der Waals surface area (Å²) in [5.41, 5.74) is 1.27. The average molecular weight is 328 g/mol. The predicted octanol–water partition coefficient (Wildman–Crippen LogP) is 6.83. The van der Waals surface area contributed by atoms with Gasteiger partial charge in [0.1, 0.15) is 11.6 Å². The van der Waals surface area contributed by atoms with E-state index in [2.05, 4.69) is 13.0 Å². The monoisotopic (exact) mass is 328 g/mol. The summed E-state index contributed by atoms with van der Waals surface area (Å²) in [6, 6.07) is 8.34. The second-order valence-electron chi connectivity index (χ2n) is 7.99. The molecule has 0 N–H and O–H groups in total. The minimum Gasteiger partial charge on any atom is -0.207 e. The van der Waals surface area contributed by atoms with Crippen molar-refractivity contribution in [3.05, 3.63) is 47.5 Å². The number of hydrogen-bond donors (Lipinski definition) is 0. The Bertz CT molecular complexity index is 736. The van der Waals surface area contributed by atoms with Crippen LogP contribution in [0.25, 0.3) is 10.8 Å². The van der Waals surface area contributed by atoms with Crippen LogP contribution in [0.1, 0.15) is 63.4 Å². The Labute approximate surface area is 143 Å². The lowest BCUT2D eigenvalue weighted by Gasteiger charge is -2.42. The maximum absolute atomic E-state index is 13.9. The summed E-state index contributed by atoms with van der Waals surface area (Å²) in [5.74, 6) is 2.31. The van der Waals surface area contributed by atoms with E-state index in [0.29, 0.717) is 16.7 Å². The lowest BCUT2D eigenvalue weighted by Crippen LogP contribution is -2.30. The van der Waals surface area contributed by atoms with Crippen molar-refractivity contribution in [2.24, 2.45) is 17.8 Å². The van der Waals surface area contributed by atoms with Gasteiger partial charge in [0.15, 0.2) is 0 Å². The Kier molecular flexibility index (Phi) is 4.32. The van der Waals surface area contributed by atoms with Gasteiger partial charge in [-0.2, -0.15) is 0 Å². The number of rotatable bonds is 2. The standard InChI is InChI=1S/C22H26F2/c1-2-14-3-4-16-10-17(6-5-15(16)9-14)18-7-8-21-19(11-18)12-20(23)13-22(21)24/h7-8,11-17H,2-6,9-10H2,1H3. The van der Waals surface area contributed by atoms with Crippen molar-refractivity contribution in [1.29, 1.82) is 0 Å². The normalized spacial score (nSPS) is 30.3. The van der Waals surface area contributed by atoms with Gasteiger partial charge in [0.2, 0.25) is 0 Å². The van der Waals surface area contributed by atoms with Crippen molar-refractivity contribution in [2.45, 2.75) is 57.8 Å². The highest BCUT2D eigenvalue weighted by atomic mass is 19.1. The molecule has 2 aliphatic carbocycles. The van der Waals surface area contributed by atoms with Gasteiger partial charge in [-0.15, -0.1) is 0 Å². The summed E-state index contributed by atoms with van der Waals surface area (Å²) in [6.45, 7) is 2.32. The Morgan fingerprint density at radius 2 is 1.71 bits per heavy atom. The van der Waals surface area contributed by atoms with Crippen molar-refractivity contribution in [1.82, 2.24) is 0 Å². The van der Waals surface area contributed by atoms with E-state index in [0.717, 1.165) is 23.8 Å². The molecule has 2 fully saturated rings. The summed E-state index contributed by atoms with van der Waals surface area (Å²) in [6.07, 6.45) is 9.30. The Hall–Kier alpha value is -1.44. The molecule has 0 radical (unpaired) electrons. The lowest BCUT2D eigenvalue weighted by molar-refractivity contribution is 0.116. The summed E-state index contributed by atoms with van der Waals surface area (Å²) in [4.78, 5) is 0. The molecule has 128 valence electrons. The largest absolute Gasteiger partial charge is 0.207 e. The molecule has 24 heavy (non-hydrogen) atoms. The highest BCUT2D eigenvalue weighted by molar-refractivity contribution is 5.84. The minimum absolute atomic E-state index is 0.460. The highest BCUT2D eigenvalue weighted by Gasteiger charge is 2.35. The molecular formula is C22H26F2. The molecule has 4 unspecified atom stereocenters. The molecule has 2 saturated carbocycles. The maximum Gasteiger partial charge on any atom is 0.133 e. The summed E-state index contributed by atoms with van der Waals surface area (Å²) in [7, 11) is 0. The second kappa shape index (κ2) is 6.46. The van der Waals surface area contributed by atoms with Crippen LogP contribution in [0.15, 0.2) is 30.3 Å². The molecule has 0 heterocycles. The van der Waals surface area contributed by atoms with E-state index in [1.165, 1.54) is 56.6 Å². The third-order valence-corrected chi connectivity index (χ3v) is 6.66. The molecular weight excluding hydrogens is 302 g/mol. The molecule has 2 aromatic rings. The summed E-state index contributed by atoms with van der Waals surface area (Å²) < 4.78 is 27.4. The summed E-state index contributed by atoms with van der Waals surface area (Å²) >= 11 is 0. The average Bonchev–Trinajstić information content (AvgIpc) is 2.60. The van der Waals surface area contributed by atoms with Crippen LogP contribution < -0.4 is 0 Å². The fourth-order valence-electron chi connectivity index (χ4n) is 5.22. The predicted molar refractivity (Wildman–Crippen MR) is 95.1 cm³/mol. The van der Waals surface area contributed by atoms with E-state index in [1.54, 1.807) is 0 Å². The highest BCUT2D eigenvalue weighted by Crippen LogP contribution is 2.48. The van der Waals surface area contributed by atoms with Gasteiger partial charge in [-0.25, -0.2) is 8.78 Å². The SMILES string of the molecule is CCC1CCC2CC(c3ccc4c(F)cc(F)cc4c3)CCC2C1. The van der Waals surface area contributed by atoms with Crippen LogP contribution in [0.3, 0.4) is 0 Å². The zero-order chi connectivity index (χ0) is 16.7. The van der Waals surface area contributed by atoms with Crippen LogP contribution in [0.2, 0.25) is 0 Å². The molecule has 4 atom stereocenters. The van der Waals surface area contributed by atoms with Crippen LogP contribution in [0, 0.1) is 29.4 Å². The van der Waals surface area contributed by atoms with Gasteiger partial charge >= 0.3 is 0 Å². The van der Waals surface area contributed by atoms with Crippen molar-refractivity contribution in [2.75, 3.05) is 0 Å². The molecule has 0 saturated heterocycles. The topological polar surface area (TPSA) is 0 Å². The van der Waals surface area contributed by atoms with Gasteiger partial charge in [-0.3, -0.25) is 0 Å². The Balaban J connectivity index is 1.56. The number of hydrogen-bond acceptors (Lipinski definition) is 0. The molecule has 0 aromatic heterocycles. The van der Waals surface area contributed by atoms with Gasteiger partial charge < -0.3 is 0 Å². The first-order valence-electron chi connectivity index (χ1n) is 9.52. The quantitative estimate of drug-likeness (QED) is 0.567. The van der Waals surface area contributed by atoms with Gasteiger partial charge in [0.25, 0.3) is 0 Å². The van der Waals surface area contributed by atoms with Crippen molar-refractivity contribution in [3.8, 4) is 0 Å². The molecule has 0 nitrogen and oxygen atoms in total. The van der Waals surface area contributed by atoms with Crippen molar-refractivity contribution in [3.63, 3.8) is 0 Å². The van der Waals surface area contributed by atoms with Crippen LogP contribution in [0.5, 0.6) is 0 Å². The minimum atomic E-state index is -0.487. The van der Waals surface area contributed by atoms with Gasteiger partial charge in [-0.05, 0) is 72.8 Å². The smallest absolute Gasteiger partial charge is 0.133 e. The third kappa shape index (κ3) is 2.96. The van der Waals surface area contributed by atoms with Crippen LogP contribution in [0.4, 0.5) is 8.78 Å². The van der Waals surface area contributed by atoms with E-state index in [4.69, 9.17) is 0 Å². The summed E-state index contributed by atoms with van der Waals surface area (Å²) in [5, 5.41) is 1.22. The molecule has 0 spiro atoms. The van der Waals surface area contributed by atoms with Gasteiger partial charge in [0.05, 0.1) is 0 Å². The van der Waals surface area contributed by atoms with Crippen LogP contribution in [-0.2, 0) is 0 Å². The molecule has 0 aliphatic heterocycles. The van der Waals surface area contributed by atoms with Crippen LogP contribution in [-0.4, -0.2) is 0 Å². The molecule has 2 aromatic carbocycles. The van der Waals surface area contributed by atoms with E-state index in [-0.39, 0.29) is 0 Å². The van der Waals surface area contributed by atoms with E-state index in [9.17, 15) is 8.78 Å². The Morgan fingerprint density at radius 3 is 2.54 bits per heavy atom. The maximum atomic E-state index is 13.9. The lowest BCUT2D eigenvalue weighted by atomic mass is 9.63. The zero-order valence-corrected chi connectivity index (χ0v) is 14.4. The van der Waals surface area contributed by atoms with Crippen molar-refractivity contribution >= 4 is 10.8 Å². The molecule has 0 amide bonds. The van der Waals surface area contributed by atoms with Crippen molar-refractivity contribution < 1.29 is 8.78 Å². The second-order valence-corrected chi connectivity index (χ2v) is 7.99. The van der Waals surface area contributed by atoms with Crippen LogP contribution >= 0.6 is 0 Å². The molecule has 2 aliphatic rings. The first-order chi connectivity index (χ1) is 11.6. The first kappa shape index (κ1) is 16.1. The van der Waals surface area contributed by atoms with E-state index in [1.807, 2.05) is 12.1 Å². The number of halogens is 2. The van der Waals surface area contributed by atoms with E-state index < -0.39 is 11.6 Å². The first-order valence-corrected chi connectivity index (χ1v) is 9.52. The third-order valence-electron chi connectivity index (χ3n) is 6.66. The van der Waals surface area contributed by atoms with E-state index >= 15 is 0 Å². The fourth-order valence-corrected chi connectivity index (χ4v) is 5.22. The van der Waals surface area contributed by atoms with Gasteiger partial charge in [-0.1, -0.05) is 38.0 Å². The molecule has 2 heteroatoms. The van der Waals surface area contributed by atoms with Gasteiger partial charge in [0, 0.05) is 11.5 Å². The number of fused-ring (bicyclic) bond motifs is 2. The zero-order valence-electron chi connectivity index (χ0n) is 14.4. The Morgan fingerprint density at radius 1 is 0.917 bits per heavy atom.